The fourth-order valence-corrected chi connectivity index (χ4v) is 2.24. The lowest BCUT2D eigenvalue weighted by Crippen LogP contribution is -2.37. The van der Waals surface area contributed by atoms with Crippen molar-refractivity contribution in [2.24, 2.45) is 0 Å². The smallest absolute Gasteiger partial charge is 0.291 e. The van der Waals surface area contributed by atoms with Crippen LogP contribution in [0.3, 0.4) is 0 Å². The van der Waals surface area contributed by atoms with Crippen molar-refractivity contribution in [3.05, 3.63) is 40.9 Å². The molecule has 2 aromatic rings. The Hall–Kier alpha value is -1.92. The van der Waals surface area contributed by atoms with Gasteiger partial charge in [0.05, 0.1) is 10.7 Å². The van der Waals surface area contributed by atoms with E-state index in [1.54, 1.807) is 10.7 Å². The molecule has 0 spiro atoms. The molecule has 23 heavy (non-hydrogen) atoms. The van der Waals surface area contributed by atoms with Crippen molar-refractivity contribution in [2.45, 2.75) is 32.7 Å². The van der Waals surface area contributed by atoms with E-state index in [2.05, 4.69) is 20.7 Å². The SMILES string of the molecule is CNC(C)CNC(=O)c1nc(C(C)C)n(-c2ccccc2Cl)n1. The highest BCUT2D eigenvalue weighted by molar-refractivity contribution is 6.32. The van der Waals surface area contributed by atoms with Crippen LogP contribution < -0.4 is 10.6 Å². The molecule has 7 heteroatoms. The quantitative estimate of drug-likeness (QED) is 0.850. The van der Waals surface area contributed by atoms with Gasteiger partial charge in [-0.3, -0.25) is 4.79 Å². The number of halogens is 1. The van der Waals surface area contributed by atoms with Crippen LogP contribution in [-0.2, 0) is 0 Å². The second-order valence-corrected chi connectivity index (χ2v) is 6.12. The molecule has 0 saturated carbocycles. The van der Waals surface area contributed by atoms with Crippen molar-refractivity contribution in [3.63, 3.8) is 0 Å². The van der Waals surface area contributed by atoms with E-state index in [9.17, 15) is 4.79 Å². The molecule has 124 valence electrons. The van der Waals surface area contributed by atoms with Crippen LogP contribution in [0.5, 0.6) is 0 Å². The van der Waals surface area contributed by atoms with Gasteiger partial charge in [-0.1, -0.05) is 37.6 Å². The maximum atomic E-state index is 12.3. The summed E-state index contributed by atoms with van der Waals surface area (Å²) in [4.78, 5) is 16.7. The number of rotatable bonds is 6. The summed E-state index contributed by atoms with van der Waals surface area (Å²) in [5, 5.41) is 10.8. The van der Waals surface area contributed by atoms with Gasteiger partial charge in [0.2, 0.25) is 5.82 Å². The molecule has 1 unspecified atom stereocenters. The predicted molar refractivity (Wildman–Crippen MR) is 91.3 cm³/mol. The standard InChI is InChI=1S/C16H22ClN5O/c1-10(2)15-20-14(16(23)19-9-11(3)18-4)21-22(15)13-8-6-5-7-12(13)17/h5-8,10-11,18H,9H2,1-4H3,(H,19,23). The first-order valence-electron chi connectivity index (χ1n) is 7.61. The third-order valence-electron chi connectivity index (χ3n) is 3.49. The second kappa shape index (κ2) is 7.57. The van der Waals surface area contributed by atoms with Crippen molar-refractivity contribution in [1.82, 2.24) is 25.4 Å². The van der Waals surface area contributed by atoms with Gasteiger partial charge >= 0.3 is 0 Å². The summed E-state index contributed by atoms with van der Waals surface area (Å²) in [5.41, 5.74) is 0.716. The fraction of sp³-hybridized carbons (Fsp3) is 0.438. The highest BCUT2D eigenvalue weighted by Crippen LogP contribution is 2.23. The molecule has 0 aliphatic carbocycles. The zero-order chi connectivity index (χ0) is 17.0. The molecule has 1 aromatic carbocycles. The van der Waals surface area contributed by atoms with Crippen molar-refractivity contribution in [3.8, 4) is 5.69 Å². The lowest BCUT2D eigenvalue weighted by Gasteiger charge is -2.09. The first-order chi connectivity index (χ1) is 10.9. The Bertz CT molecular complexity index is 683. The van der Waals surface area contributed by atoms with Crippen LogP contribution in [0.1, 0.15) is 43.1 Å². The molecule has 0 aliphatic heterocycles. The van der Waals surface area contributed by atoms with Crippen LogP contribution >= 0.6 is 11.6 Å². The van der Waals surface area contributed by atoms with Crippen LogP contribution in [-0.4, -0.2) is 40.3 Å². The average molecular weight is 336 g/mol. The summed E-state index contributed by atoms with van der Waals surface area (Å²) in [5.74, 6) is 0.665. The number of hydrogen-bond donors (Lipinski definition) is 2. The number of benzene rings is 1. The zero-order valence-electron chi connectivity index (χ0n) is 13.8. The first kappa shape index (κ1) is 17.4. The molecular weight excluding hydrogens is 314 g/mol. The van der Waals surface area contributed by atoms with Gasteiger partial charge in [-0.05, 0) is 26.1 Å². The summed E-state index contributed by atoms with van der Waals surface area (Å²) in [7, 11) is 1.85. The second-order valence-electron chi connectivity index (χ2n) is 5.71. The number of nitrogens with one attached hydrogen (secondary N) is 2. The number of aromatic nitrogens is 3. The maximum absolute atomic E-state index is 12.3. The van der Waals surface area contributed by atoms with E-state index >= 15 is 0 Å². The van der Waals surface area contributed by atoms with Gasteiger partial charge in [-0.25, -0.2) is 9.67 Å². The number of carbonyl (C=O) groups excluding carboxylic acids is 1. The lowest BCUT2D eigenvalue weighted by molar-refractivity contribution is 0.0940. The summed E-state index contributed by atoms with van der Waals surface area (Å²) in [6, 6.07) is 7.55. The van der Waals surface area contributed by atoms with Gasteiger partial charge in [-0.15, -0.1) is 5.10 Å². The van der Waals surface area contributed by atoms with E-state index < -0.39 is 0 Å². The molecule has 0 fully saturated rings. The molecule has 0 aliphatic rings. The van der Waals surface area contributed by atoms with Crippen LogP contribution in [0, 0.1) is 0 Å². The number of para-hydroxylation sites is 1. The van der Waals surface area contributed by atoms with E-state index in [-0.39, 0.29) is 23.7 Å². The third-order valence-corrected chi connectivity index (χ3v) is 3.81. The van der Waals surface area contributed by atoms with Crippen LogP contribution in [0.25, 0.3) is 5.69 Å². The fourth-order valence-electron chi connectivity index (χ4n) is 2.02. The van der Waals surface area contributed by atoms with E-state index in [4.69, 9.17) is 11.6 Å². The summed E-state index contributed by atoms with van der Waals surface area (Å²) in [6.45, 7) is 6.49. The Kier molecular flexibility index (Phi) is 5.74. The van der Waals surface area contributed by atoms with Crippen LogP contribution in [0.2, 0.25) is 5.02 Å². The predicted octanol–water partition coefficient (Wildman–Crippen LogP) is 2.38. The molecule has 1 amide bonds. The largest absolute Gasteiger partial charge is 0.348 e. The summed E-state index contributed by atoms with van der Waals surface area (Å²) < 4.78 is 1.64. The number of nitrogens with zero attached hydrogens (tertiary/aromatic N) is 3. The highest BCUT2D eigenvalue weighted by atomic mass is 35.5. The van der Waals surface area contributed by atoms with Crippen molar-refractivity contribution < 1.29 is 4.79 Å². The van der Waals surface area contributed by atoms with Gasteiger partial charge in [0.15, 0.2) is 0 Å². The van der Waals surface area contributed by atoms with E-state index in [1.165, 1.54) is 0 Å². The monoisotopic (exact) mass is 335 g/mol. The van der Waals surface area contributed by atoms with Gasteiger partial charge in [-0.2, -0.15) is 0 Å². The molecule has 0 bridgehead atoms. The van der Waals surface area contributed by atoms with Crippen LogP contribution in [0.15, 0.2) is 24.3 Å². The Morgan fingerprint density at radius 1 is 1.30 bits per heavy atom. The molecule has 0 radical (unpaired) electrons. The van der Waals surface area contributed by atoms with E-state index in [0.29, 0.717) is 23.1 Å². The van der Waals surface area contributed by atoms with E-state index in [0.717, 1.165) is 0 Å². The number of amides is 1. The normalized spacial score (nSPS) is 12.4. The van der Waals surface area contributed by atoms with Crippen molar-refractivity contribution in [1.29, 1.82) is 0 Å². The van der Waals surface area contributed by atoms with Crippen LogP contribution in [0.4, 0.5) is 0 Å². The Morgan fingerprint density at radius 3 is 2.61 bits per heavy atom. The van der Waals surface area contributed by atoms with Gasteiger partial charge in [0, 0.05) is 18.5 Å². The molecule has 2 N–H and O–H groups in total. The van der Waals surface area contributed by atoms with Gasteiger partial charge in [0.1, 0.15) is 5.82 Å². The number of carbonyl (C=O) groups is 1. The molecule has 6 nitrogen and oxygen atoms in total. The van der Waals surface area contributed by atoms with Gasteiger partial charge in [0.25, 0.3) is 5.91 Å². The van der Waals surface area contributed by atoms with Crippen molar-refractivity contribution in [2.75, 3.05) is 13.6 Å². The Morgan fingerprint density at radius 2 is 2.00 bits per heavy atom. The summed E-state index contributed by atoms with van der Waals surface area (Å²) >= 11 is 6.25. The minimum Gasteiger partial charge on any atom is -0.348 e. The molecular formula is C16H22ClN5O. The highest BCUT2D eigenvalue weighted by Gasteiger charge is 2.20. The number of likely N-dealkylation sites (N-methyl/N-ethyl adjacent to an activating group) is 1. The zero-order valence-corrected chi connectivity index (χ0v) is 14.6. The van der Waals surface area contributed by atoms with E-state index in [1.807, 2.05) is 46.0 Å². The molecule has 0 saturated heterocycles. The maximum Gasteiger partial charge on any atom is 0.291 e. The topological polar surface area (TPSA) is 71.8 Å². The minimum atomic E-state index is -0.292. The minimum absolute atomic E-state index is 0.108. The lowest BCUT2D eigenvalue weighted by atomic mass is 10.2. The third kappa shape index (κ3) is 4.09. The summed E-state index contributed by atoms with van der Waals surface area (Å²) in [6.07, 6.45) is 0. The van der Waals surface area contributed by atoms with Gasteiger partial charge < -0.3 is 10.6 Å². The number of hydrogen-bond acceptors (Lipinski definition) is 4. The molecule has 1 heterocycles. The molecule has 1 atom stereocenters. The first-order valence-corrected chi connectivity index (χ1v) is 7.99. The molecule has 1 aromatic heterocycles. The molecule has 2 rings (SSSR count). The Balaban J connectivity index is 2.32. The van der Waals surface area contributed by atoms with Crippen molar-refractivity contribution >= 4 is 17.5 Å². The average Bonchev–Trinajstić information content (AvgIpc) is 2.98. The Labute approximate surface area is 141 Å².